The molecule has 0 amide bonds. The number of nitrogens with zero attached hydrogens (tertiary/aromatic N) is 2. The van der Waals surface area contributed by atoms with Crippen LogP contribution in [0.1, 0.15) is 37.7 Å². The molecule has 0 radical (unpaired) electrons. The summed E-state index contributed by atoms with van der Waals surface area (Å²) >= 11 is 0. The van der Waals surface area contributed by atoms with E-state index >= 15 is 0 Å². The molecule has 3 heteroatoms. The number of aryl methyl sites for hydroxylation is 1. The van der Waals surface area contributed by atoms with Crippen LogP contribution in [0.3, 0.4) is 0 Å². The van der Waals surface area contributed by atoms with E-state index in [4.69, 9.17) is 4.98 Å². The largest absolute Gasteiger partial charge is 0.353 e. The quantitative estimate of drug-likeness (QED) is 0.731. The summed E-state index contributed by atoms with van der Waals surface area (Å²) in [5.41, 5.74) is 4.66. The van der Waals surface area contributed by atoms with Gasteiger partial charge >= 0.3 is 0 Å². The first-order valence-electron chi connectivity index (χ1n) is 8.62. The van der Waals surface area contributed by atoms with Crippen molar-refractivity contribution in [2.45, 2.75) is 45.1 Å². The average molecular weight is 305 g/mol. The maximum absolute atomic E-state index is 4.86. The third-order valence-electron chi connectivity index (χ3n) is 4.79. The highest BCUT2D eigenvalue weighted by atomic mass is 15.2. The summed E-state index contributed by atoms with van der Waals surface area (Å²) in [7, 11) is 0. The second-order valence-corrected chi connectivity index (χ2v) is 6.57. The smallest absolute Gasteiger partial charge is 0.208 e. The minimum Gasteiger partial charge on any atom is -0.353 e. The maximum atomic E-state index is 4.86. The Labute approximate surface area is 137 Å². The van der Waals surface area contributed by atoms with Crippen LogP contribution in [0.15, 0.2) is 48.5 Å². The molecule has 0 aliphatic heterocycles. The van der Waals surface area contributed by atoms with Gasteiger partial charge in [-0.15, -0.1) is 0 Å². The van der Waals surface area contributed by atoms with Crippen molar-refractivity contribution in [1.29, 1.82) is 0 Å². The SMILES string of the molecule is Cc1ccc(-n2c(NC3CCCCC3)nc3ccccc32)cc1. The van der Waals surface area contributed by atoms with Crippen molar-refractivity contribution in [1.82, 2.24) is 9.55 Å². The molecule has 1 heterocycles. The normalized spacial score (nSPS) is 15.9. The molecule has 3 nitrogen and oxygen atoms in total. The van der Waals surface area contributed by atoms with Gasteiger partial charge in [0.2, 0.25) is 5.95 Å². The lowest BCUT2D eigenvalue weighted by Crippen LogP contribution is -2.24. The molecule has 0 unspecified atom stereocenters. The van der Waals surface area contributed by atoms with Crippen LogP contribution in [0.5, 0.6) is 0 Å². The van der Waals surface area contributed by atoms with Crippen LogP contribution in [-0.4, -0.2) is 15.6 Å². The summed E-state index contributed by atoms with van der Waals surface area (Å²) < 4.78 is 2.25. The number of fused-ring (bicyclic) bond motifs is 1. The van der Waals surface area contributed by atoms with Crippen molar-refractivity contribution in [3.05, 3.63) is 54.1 Å². The van der Waals surface area contributed by atoms with Crippen molar-refractivity contribution in [3.8, 4) is 5.69 Å². The third kappa shape index (κ3) is 2.83. The van der Waals surface area contributed by atoms with Crippen LogP contribution in [0.4, 0.5) is 5.95 Å². The van der Waals surface area contributed by atoms with E-state index in [1.165, 1.54) is 43.4 Å². The second kappa shape index (κ2) is 6.07. The first-order valence-corrected chi connectivity index (χ1v) is 8.62. The van der Waals surface area contributed by atoms with Crippen molar-refractivity contribution >= 4 is 17.0 Å². The summed E-state index contributed by atoms with van der Waals surface area (Å²) in [6.45, 7) is 2.12. The first kappa shape index (κ1) is 14.3. The lowest BCUT2D eigenvalue weighted by molar-refractivity contribution is 0.460. The monoisotopic (exact) mass is 305 g/mol. The molecule has 1 aromatic heterocycles. The topological polar surface area (TPSA) is 29.9 Å². The van der Waals surface area contributed by atoms with Gasteiger partial charge in [-0.25, -0.2) is 4.98 Å². The van der Waals surface area contributed by atoms with E-state index in [9.17, 15) is 0 Å². The Morgan fingerprint density at radius 2 is 1.70 bits per heavy atom. The van der Waals surface area contributed by atoms with Gasteiger partial charge in [0.1, 0.15) is 0 Å². The zero-order valence-corrected chi connectivity index (χ0v) is 13.6. The second-order valence-electron chi connectivity index (χ2n) is 6.57. The van der Waals surface area contributed by atoms with E-state index in [0.717, 1.165) is 17.0 Å². The van der Waals surface area contributed by atoms with Gasteiger partial charge in [0.15, 0.2) is 0 Å². The molecular formula is C20H23N3. The van der Waals surface area contributed by atoms with Gasteiger partial charge in [0.05, 0.1) is 11.0 Å². The Balaban J connectivity index is 1.79. The Morgan fingerprint density at radius 1 is 0.957 bits per heavy atom. The summed E-state index contributed by atoms with van der Waals surface area (Å²) in [5.74, 6) is 0.974. The van der Waals surface area contributed by atoms with E-state index in [1.807, 2.05) is 0 Å². The molecule has 4 rings (SSSR count). The van der Waals surface area contributed by atoms with Crippen LogP contribution in [0.2, 0.25) is 0 Å². The molecule has 0 spiro atoms. The Hall–Kier alpha value is -2.29. The highest BCUT2D eigenvalue weighted by molar-refractivity contribution is 5.81. The summed E-state index contributed by atoms with van der Waals surface area (Å²) in [6, 6.07) is 17.6. The molecule has 1 N–H and O–H groups in total. The van der Waals surface area contributed by atoms with Gasteiger partial charge in [-0.2, -0.15) is 0 Å². The maximum Gasteiger partial charge on any atom is 0.208 e. The van der Waals surface area contributed by atoms with E-state index in [1.54, 1.807) is 0 Å². The Kier molecular flexibility index (Phi) is 3.78. The predicted octanol–water partition coefficient (Wildman–Crippen LogP) is 5.08. The first-order chi connectivity index (χ1) is 11.3. The standard InChI is InChI=1S/C20H23N3/c1-15-11-13-17(14-12-15)23-19-10-6-5-9-18(19)22-20(23)21-16-7-3-2-4-8-16/h5-6,9-14,16H,2-4,7-8H2,1H3,(H,21,22). The van der Waals surface area contributed by atoms with Gasteiger partial charge in [0, 0.05) is 11.7 Å². The summed E-state index contributed by atoms with van der Waals surface area (Å²) in [6.07, 6.45) is 6.51. The van der Waals surface area contributed by atoms with Crippen molar-refractivity contribution in [2.24, 2.45) is 0 Å². The fourth-order valence-corrected chi connectivity index (χ4v) is 3.51. The third-order valence-corrected chi connectivity index (χ3v) is 4.79. The highest BCUT2D eigenvalue weighted by Gasteiger charge is 2.18. The number of imidazole rings is 1. The summed E-state index contributed by atoms with van der Waals surface area (Å²) in [5, 5.41) is 3.70. The minimum absolute atomic E-state index is 0.546. The number of para-hydroxylation sites is 2. The zero-order chi connectivity index (χ0) is 15.6. The van der Waals surface area contributed by atoms with Gasteiger partial charge < -0.3 is 5.32 Å². The van der Waals surface area contributed by atoms with Crippen LogP contribution in [0, 0.1) is 6.92 Å². The van der Waals surface area contributed by atoms with Gasteiger partial charge in [0.25, 0.3) is 0 Å². The zero-order valence-electron chi connectivity index (χ0n) is 13.6. The molecule has 2 aromatic carbocycles. The molecule has 1 saturated carbocycles. The van der Waals surface area contributed by atoms with E-state index in [0.29, 0.717) is 6.04 Å². The van der Waals surface area contributed by atoms with E-state index in [2.05, 4.69) is 65.3 Å². The molecule has 118 valence electrons. The lowest BCUT2D eigenvalue weighted by Gasteiger charge is -2.23. The molecule has 1 aliphatic rings. The number of nitrogens with one attached hydrogen (secondary N) is 1. The van der Waals surface area contributed by atoms with Gasteiger partial charge in [-0.1, -0.05) is 49.1 Å². The van der Waals surface area contributed by atoms with Crippen molar-refractivity contribution in [3.63, 3.8) is 0 Å². The molecule has 0 saturated heterocycles. The number of hydrogen-bond acceptors (Lipinski definition) is 2. The number of hydrogen-bond donors (Lipinski definition) is 1. The molecule has 0 atom stereocenters. The number of benzene rings is 2. The van der Waals surface area contributed by atoms with Crippen LogP contribution >= 0.6 is 0 Å². The fourth-order valence-electron chi connectivity index (χ4n) is 3.51. The number of anilines is 1. The molecule has 3 aromatic rings. The number of aromatic nitrogens is 2. The minimum atomic E-state index is 0.546. The summed E-state index contributed by atoms with van der Waals surface area (Å²) in [4.78, 5) is 4.86. The fraction of sp³-hybridized carbons (Fsp3) is 0.350. The Bertz CT molecular complexity index is 795. The molecule has 23 heavy (non-hydrogen) atoms. The molecule has 0 bridgehead atoms. The van der Waals surface area contributed by atoms with E-state index < -0.39 is 0 Å². The van der Waals surface area contributed by atoms with E-state index in [-0.39, 0.29) is 0 Å². The lowest BCUT2D eigenvalue weighted by atomic mass is 9.96. The van der Waals surface area contributed by atoms with Crippen LogP contribution < -0.4 is 5.32 Å². The highest BCUT2D eigenvalue weighted by Crippen LogP contribution is 2.27. The van der Waals surface area contributed by atoms with Crippen molar-refractivity contribution < 1.29 is 0 Å². The molecule has 1 fully saturated rings. The number of rotatable bonds is 3. The van der Waals surface area contributed by atoms with Crippen LogP contribution in [0.25, 0.3) is 16.7 Å². The van der Waals surface area contributed by atoms with Crippen molar-refractivity contribution in [2.75, 3.05) is 5.32 Å². The average Bonchev–Trinajstić information content (AvgIpc) is 2.94. The Morgan fingerprint density at radius 3 is 2.48 bits per heavy atom. The predicted molar refractivity (Wildman–Crippen MR) is 96.3 cm³/mol. The molecule has 1 aliphatic carbocycles. The molecular weight excluding hydrogens is 282 g/mol. The van der Waals surface area contributed by atoms with Gasteiger partial charge in [-0.05, 0) is 44.0 Å². The van der Waals surface area contributed by atoms with Crippen LogP contribution in [-0.2, 0) is 0 Å². The van der Waals surface area contributed by atoms with Gasteiger partial charge in [-0.3, -0.25) is 4.57 Å².